The minimum Gasteiger partial charge on any atom is -0.481 e. The largest absolute Gasteiger partial charge is 0.481 e. The molecule has 0 aromatic rings. The number of hydrogen-bond acceptors (Lipinski definition) is 3. The van der Waals surface area contributed by atoms with Crippen molar-refractivity contribution in [1.29, 1.82) is 0 Å². The zero-order valence-corrected chi connectivity index (χ0v) is 8.36. The quantitative estimate of drug-likeness (QED) is 0.501. The Morgan fingerprint density at radius 2 is 2.21 bits per heavy atom. The minimum absolute atomic E-state index is 0.0585. The van der Waals surface area contributed by atoms with Gasteiger partial charge in [-0.1, -0.05) is 26.0 Å². The van der Waals surface area contributed by atoms with Crippen LogP contribution in [0.15, 0.2) is 12.7 Å². The normalized spacial score (nSPS) is 11.8. The van der Waals surface area contributed by atoms with Gasteiger partial charge in [0.1, 0.15) is 6.61 Å². The summed E-state index contributed by atoms with van der Waals surface area (Å²) in [4.78, 5) is 21.7. The van der Waals surface area contributed by atoms with Gasteiger partial charge >= 0.3 is 11.9 Å². The Labute approximate surface area is 83.6 Å². The summed E-state index contributed by atoms with van der Waals surface area (Å²) in [6.07, 6.45) is 2.63. The van der Waals surface area contributed by atoms with E-state index in [4.69, 9.17) is 9.84 Å². The monoisotopic (exact) mass is 200 g/mol. The van der Waals surface area contributed by atoms with E-state index in [1.807, 2.05) is 6.92 Å². The minimum atomic E-state index is -0.942. The lowest BCUT2D eigenvalue weighted by atomic mass is 10.0. The van der Waals surface area contributed by atoms with E-state index in [2.05, 4.69) is 6.58 Å². The molecule has 0 radical (unpaired) electrons. The molecule has 4 heteroatoms. The number of esters is 1. The number of aliphatic carboxylic acids is 1. The van der Waals surface area contributed by atoms with Crippen LogP contribution in [-0.4, -0.2) is 23.7 Å². The van der Waals surface area contributed by atoms with Gasteiger partial charge in [0.15, 0.2) is 0 Å². The van der Waals surface area contributed by atoms with Crippen molar-refractivity contribution in [2.75, 3.05) is 6.61 Å². The zero-order chi connectivity index (χ0) is 11.0. The molecule has 0 amide bonds. The standard InChI is InChI=1S/C10H16O4/c1-3-5-8(10(12)13)7-9(11)14-6-4-2/h4,8H,2-3,5-7H2,1H3,(H,12,13). The molecule has 0 aliphatic heterocycles. The molecule has 4 nitrogen and oxygen atoms in total. The van der Waals surface area contributed by atoms with Crippen molar-refractivity contribution in [2.45, 2.75) is 26.2 Å². The van der Waals surface area contributed by atoms with Crippen LogP contribution in [0.4, 0.5) is 0 Å². The fraction of sp³-hybridized carbons (Fsp3) is 0.600. The maximum absolute atomic E-state index is 11.1. The zero-order valence-electron chi connectivity index (χ0n) is 8.36. The van der Waals surface area contributed by atoms with Gasteiger partial charge in [-0.25, -0.2) is 0 Å². The number of ether oxygens (including phenoxy) is 1. The van der Waals surface area contributed by atoms with E-state index in [1.165, 1.54) is 6.08 Å². The predicted octanol–water partition coefficient (Wildman–Crippen LogP) is 1.61. The highest BCUT2D eigenvalue weighted by Gasteiger charge is 2.20. The van der Waals surface area contributed by atoms with Gasteiger partial charge in [-0.05, 0) is 6.42 Å². The molecule has 0 aromatic carbocycles. The summed E-state index contributed by atoms with van der Waals surface area (Å²) in [6.45, 7) is 5.41. The summed E-state index contributed by atoms with van der Waals surface area (Å²) in [5.74, 6) is -2.05. The van der Waals surface area contributed by atoms with E-state index in [1.54, 1.807) is 0 Å². The molecule has 0 rings (SSSR count). The fourth-order valence-corrected chi connectivity index (χ4v) is 1.07. The lowest BCUT2D eigenvalue weighted by Crippen LogP contribution is -2.19. The maximum Gasteiger partial charge on any atom is 0.307 e. The molecule has 14 heavy (non-hydrogen) atoms. The number of carbonyl (C=O) groups excluding carboxylic acids is 1. The Bertz CT molecular complexity index is 210. The fourth-order valence-electron chi connectivity index (χ4n) is 1.07. The van der Waals surface area contributed by atoms with Crippen LogP contribution in [0.25, 0.3) is 0 Å². The molecular weight excluding hydrogens is 184 g/mol. The van der Waals surface area contributed by atoms with Crippen LogP contribution in [0.2, 0.25) is 0 Å². The molecule has 0 fully saturated rings. The third kappa shape index (κ3) is 5.35. The molecule has 0 aliphatic carbocycles. The van der Waals surface area contributed by atoms with Gasteiger partial charge in [0.25, 0.3) is 0 Å². The first kappa shape index (κ1) is 12.7. The molecule has 0 aromatic heterocycles. The van der Waals surface area contributed by atoms with Crippen molar-refractivity contribution in [1.82, 2.24) is 0 Å². The average Bonchev–Trinajstić information content (AvgIpc) is 2.14. The maximum atomic E-state index is 11.1. The topological polar surface area (TPSA) is 63.6 Å². The van der Waals surface area contributed by atoms with Crippen LogP contribution in [0.5, 0.6) is 0 Å². The first-order chi connectivity index (χ1) is 6.61. The van der Waals surface area contributed by atoms with E-state index in [0.29, 0.717) is 6.42 Å². The number of carbonyl (C=O) groups is 2. The van der Waals surface area contributed by atoms with Crippen molar-refractivity contribution in [3.63, 3.8) is 0 Å². The molecule has 1 unspecified atom stereocenters. The van der Waals surface area contributed by atoms with Gasteiger partial charge in [0.2, 0.25) is 0 Å². The molecule has 0 bridgehead atoms. The molecule has 0 spiro atoms. The van der Waals surface area contributed by atoms with Gasteiger partial charge in [-0.3, -0.25) is 9.59 Å². The van der Waals surface area contributed by atoms with Gasteiger partial charge < -0.3 is 9.84 Å². The van der Waals surface area contributed by atoms with E-state index < -0.39 is 17.9 Å². The Balaban J connectivity index is 3.95. The highest BCUT2D eigenvalue weighted by Crippen LogP contribution is 2.12. The van der Waals surface area contributed by atoms with Gasteiger partial charge in [0, 0.05) is 0 Å². The lowest BCUT2D eigenvalue weighted by molar-refractivity contribution is -0.151. The van der Waals surface area contributed by atoms with Crippen LogP contribution >= 0.6 is 0 Å². The van der Waals surface area contributed by atoms with Crippen molar-refractivity contribution in [2.24, 2.45) is 5.92 Å². The lowest BCUT2D eigenvalue weighted by Gasteiger charge is -2.09. The summed E-state index contributed by atoms with van der Waals surface area (Å²) in [5.41, 5.74) is 0. The van der Waals surface area contributed by atoms with E-state index in [9.17, 15) is 9.59 Å². The van der Waals surface area contributed by atoms with Crippen LogP contribution in [0.1, 0.15) is 26.2 Å². The highest BCUT2D eigenvalue weighted by atomic mass is 16.5. The SMILES string of the molecule is C=CCOC(=O)CC(CCC)C(=O)O. The summed E-state index contributed by atoms with van der Waals surface area (Å²) < 4.78 is 4.70. The number of carboxylic acid groups (broad SMARTS) is 1. The molecule has 0 saturated carbocycles. The van der Waals surface area contributed by atoms with Crippen LogP contribution in [0.3, 0.4) is 0 Å². The summed E-state index contributed by atoms with van der Waals surface area (Å²) in [5, 5.41) is 8.75. The van der Waals surface area contributed by atoms with Gasteiger partial charge in [-0.15, -0.1) is 0 Å². The van der Waals surface area contributed by atoms with Gasteiger partial charge in [0.05, 0.1) is 12.3 Å². The van der Waals surface area contributed by atoms with Gasteiger partial charge in [-0.2, -0.15) is 0 Å². The summed E-state index contributed by atoms with van der Waals surface area (Å²) >= 11 is 0. The Kier molecular flexibility index (Phi) is 6.45. The molecule has 0 saturated heterocycles. The van der Waals surface area contributed by atoms with Crippen molar-refractivity contribution in [3.05, 3.63) is 12.7 Å². The number of hydrogen-bond donors (Lipinski definition) is 1. The van der Waals surface area contributed by atoms with Crippen LogP contribution in [-0.2, 0) is 14.3 Å². The van der Waals surface area contributed by atoms with Crippen molar-refractivity contribution in [3.8, 4) is 0 Å². The smallest absolute Gasteiger partial charge is 0.307 e. The number of carboxylic acids is 1. The molecule has 1 N–H and O–H groups in total. The van der Waals surface area contributed by atoms with Crippen molar-refractivity contribution >= 4 is 11.9 Å². The van der Waals surface area contributed by atoms with E-state index >= 15 is 0 Å². The Morgan fingerprint density at radius 3 is 2.64 bits per heavy atom. The van der Waals surface area contributed by atoms with Crippen molar-refractivity contribution < 1.29 is 19.4 Å². The highest BCUT2D eigenvalue weighted by molar-refractivity contribution is 5.78. The number of rotatable bonds is 7. The molecule has 80 valence electrons. The van der Waals surface area contributed by atoms with E-state index in [0.717, 1.165) is 6.42 Å². The summed E-state index contributed by atoms with van der Waals surface area (Å²) in [6, 6.07) is 0. The Hall–Kier alpha value is -1.32. The second-order valence-corrected chi connectivity index (χ2v) is 3.00. The van der Waals surface area contributed by atoms with Crippen LogP contribution in [0, 0.1) is 5.92 Å². The third-order valence-electron chi connectivity index (χ3n) is 1.76. The summed E-state index contributed by atoms with van der Waals surface area (Å²) in [7, 11) is 0. The molecule has 0 heterocycles. The second-order valence-electron chi connectivity index (χ2n) is 3.00. The predicted molar refractivity (Wildman–Crippen MR) is 51.8 cm³/mol. The second kappa shape index (κ2) is 7.12. The molecule has 1 atom stereocenters. The van der Waals surface area contributed by atoms with Crippen LogP contribution < -0.4 is 0 Å². The first-order valence-corrected chi connectivity index (χ1v) is 4.61. The van der Waals surface area contributed by atoms with E-state index in [-0.39, 0.29) is 13.0 Å². The third-order valence-corrected chi connectivity index (χ3v) is 1.76. The average molecular weight is 200 g/mol. The molecule has 0 aliphatic rings. The molecular formula is C10H16O4. The Morgan fingerprint density at radius 1 is 1.57 bits per heavy atom. The first-order valence-electron chi connectivity index (χ1n) is 4.61.